The number of carbonyl (C=O) groups is 1. The van der Waals surface area contributed by atoms with Crippen LogP contribution in [0.5, 0.6) is 0 Å². The summed E-state index contributed by atoms with van der Waals surface area (Å²) in [7, 11) is 1.75. The van der Waals surface area contributed by atoms with Crippen molar-refractivity contribution in [3.8, 4) is 0 Å². The number of aromatic nitrogens is 1. The highest BCUT2D eigenvalue weighted by atomic mass is 16.5. The van der Waals surface area contributed by atoms with Gasteiger partial charge < -0.3 is 19.0 Å². The van der Waals surface area contributed by atoms with Crippen molar-refractivity contribution in [2.75, 3.05) is 38.2 Å². The number of fused-ring (bicyclic) bond motifs is 1. The van der Waals surface area contributed by atoms with Gasteiger partial charge >= 0.3 is 0 Å². The van der Waals surface area contributed by atoms with Crippen molar-refractivity contribution in [3.63, 3.8) is 0 Å². The molecule has 134 valence electrons. The second-order valence-corrected chi connectivity index (χ2v) is 6.99. The fraction of sp³-hybridized carbons (Fsp3) is 0.579. The van der Waals surface area contributed by atoms with E-state index in [1.165, 1.54) is 0 Å². The smallest absolute Gasteiger partial charge is 0.298 e. The maximum atomic E-state index is 12.8. The SMILES string of the molecule is COC1CCN(C(=O)C2CCN(c3nc4ccccc4o3)CC2)CC1. The van der Waals surface area contributed by atoms with Gasteiger partial charge in [0.2, 0.25) is 5.91 Å². The molecule has 0 bridgehead atoms. The Labute approximate surface area is 147 Å². The molecule has 25 heavy (non-hydrogen) atoms. The third kappa shape index (κ3) is 3.35. The number of oxazole rings is 1. The number of amides is 1. The number of rotatable bonds is 3. The number of methoxy groups -OCH3 is 1. The van der Waals surface area contributed by atoms with E-state index in [9.17, 15) is 4.79 Å². The molecule has 2 fully saturated rings. The van der Waals surface area contributed by atoms with Crippen molar-refractivity contribution < 1.29 is 13.9 Å². The van der Waals surface area contributed by atoms with Gasteiger partial charge in [0.1, 0.15) is 5.52 Å². The lowest BCUT2D eigenvalue weighted by atomic mass is 9.94. The van der Waals surface area contributed by atoms with Crippen LogP contribution >= 0.6 is 0 Å². The number of benzene rings is 1. The van der Waals surface area contributed by atoms with Crippen LogP contribution in [-0.2, 0) is 9.53 Å². The van der Waals surface area contributed by atoms with Crippen LogP contribution in [0.2, 0.25) is 0 Å². The molecule has 0 N–H and O–H groups in total. The highest BCUT2D eigenvalue weighted by Crippen LogP contribution is 2.28. The first kappa shape index (κ1) is 16.4. The summed E-state index contributed by atoms with van der Waals surface area (Å²) in [4.78, 5) is 21.5. The first-order chi connectivity index (χ1) is 12.2. The molecule has 2 aromatic rings. The van der Waals surface area contributed by atoms with Gasteiger partial charge in [0.15, 0.2) is 5.58 Å². The number of hydrogen-bond donors (Lipinski definition) is 0. The van der Waals surface area contributed by atoms with Crippen LogP contribution in [0.1, 0.15) is 25.7 Å². The lowest BCUT2D eigenvalue weighted by Gasteiger charge is -2.36. The van der Waals surface area contributed by atoms with Gasteiger partial charge in [0, 0.05) is 39.2 Å². The van der Waals surface area contributed by atoms with Crippen molar-refractivity contribution in [1.29, 1.82) is 0 Å². The Morgan fingerprint density at radius 3 is 2.52 bits per heavy atom. The summed E-state index contributed by atoms with van der Waals surface area (Å²) in [6, 6.07) is 8.49. The summed E-state index contributed by atoms with van der Waals surface area (Å²) in [6.45, 7) is 3.28. The molecule has 0 radical (unpaired) electrons. The second kappa shape index (κ2) is 7.04. The number of piperidine rings is 2. The fourth-order valence-electron chi connectivity index (χ4n) is 3.88. The van der Waals surface area contributed by atoms with Gasteiger partial charge in [0.05, 0.1) is 6.10 Å². The number of likely N-dealkylation sites (tertiary alicyclic amines) is 1. The summed E-state index contributed by atoms with van der Waals surface area (Å²) in [5.41, 5.74) is 1.70. The summed E-state index contributed by atoms with van der Waals surface area (Å²) < 4.78 is 11.2. The number of para-hydroxylation sites is 2. The zero-order valence-corrected chi connectivity index (χ0v) is 14.7. The van der Waals surface area contributed by atoms with E-state index >= 15 is 0 Å². The van der Waals surface area contributed by atoms with Crippen LogP contribution in [0, 0.1) is 5.92 Å². The van der Waals surface area contributed by atoms with Gasteiger partial charge in [-0.05, 0) is 37.8 Å². The zero-order valence-electron chi connectivity index (χ0n) is 14.7. The standard InChI is InChI=1S/C19H25N3O3/c1-24-15-8-12-21(13-9-15)18(23)14-6-10-22(11-7-14)19-20-16-4-2-3-5-17(16)25-19/h2-5,14-15H,6-13H2,1H3. The molecule has 2 aliphatic heterocycles. The van der Waals surface area contributed by atoms with Crippen molar-refractivity contribution in [2.24, 2.45) is 5.92 Å². The van der Waals surface area contributed by atoms with E-state index in [-0.39, 0.29) is 5.92 Å². The average Bonchev–Trinajstić information content (AvgIpc) is 3.12. The number of anilines is 1. The number of carbonyl (C=O) groups excluding carboxylic acids is 1. The second-order valence-electron chi connectivity index (χ2n) is 6.99. The minimum Gasteiger partial charge on any atom is -0.423 e. The lowest BCUT2D eigenvalue weighted by molar-refractivity contribution is -0.138. The fourth-order valence-corrected chi connectivity index (χ4v) is 3.88. The third-order valence-electron chi connectivity index (χ3n) is 5.48. The highest BCUT2D eigenvalue weighted by Gasteiger charge is 2.31. The molecule has 0 saturated carbocycles. The maximum Gasteiger partial charge on any atom is 0.298 e. The Morgan fingerprint density at radius 1 is 1.12 bits per heavy atom. The number of nitrogens with zero attached hydrogens (tertiary/aromatic N) is 3. The van der Waals surface area contributed by atoms with Crippen molar-refractivity contribution in [1.82, 2.24) is 9.88 Å². The predicted molar refractivity (Wildman–Crippen MR) is 95.6 cm³/mol. The van der Waals surface area contributed by atoms with Gasteiger partial charge in [-0.3, -0.25) is 4.79 Å². The maximum absolute atomic E-state index is 12.8. The molecular formula is C19H25N3O3. The Balaban J connectivity index is 1.34. The van der Waals surface area contributed by atoms with Crippen LogP contribution in [0.15, 0.2) is 28.7 Å². The monoisotopic (exact) mass is 343 g/mol. The van der Waals surface area contributed by atoms with Gasteiger partial charge in [-0.1, -0.05) is 12.1 Å². The van der Waals surface area contributed by atoms with E-state index in [4.69, 9.17) is 9.15 Å². The summed E-state index contributed by atoms with van der Waals surface area (Å²) in [5, 5.41) is 0. The zero-order chi connectivity index (χ0) is 17.2. The summed E-state index contributed by atoms with van der Waals surface area (Å²) in [6.07, 6.45) is 3.93. The largest absolute Gasteiger partial charge is 0.423 e. The van der Waals surface area contributed by atoms with Crippen LogP contribution in [0.4, 0.5) is 6.01 Å². The number of hydrogen-bond acceptors (Lipinski definition) is 5. The topological polar surface area (TPSA) is 58.8 Å². The summed E-state index contributed by atoms with van der Waals surface area (Å²) >= 11 is 0. The predicted octanol–water partition coefficient (Wildman–Crippen LogP) is 2.68. The molecule has 3 heterocycles. The van der Waals surface area contributed by atoms with E-state index in [1.807, 2.05) is 29.2 Å². The Bertz CT molecular complexity index is 695. The Kier molecular flexibility index (Phi) is 4.61. The minimum atomic E-state index is 0.125. The third-order valence-corrected chi connectivity index (χ3v) is 5.48. The van der Waals surface area contributed by atoms with Crippen molar-refractivity contribution in [3.05, 3.63) is 24.3 Å². The van der Waals surface area contributed by atoms with Crippen LogP contribution in [-0.4, -0.2) is 55.2 Å². The van der Waals surface area contributed by atoms with Crippen molar-refractivity contribution >= 4 is 23.0 Å². The Hall–Kier alpha value is -2.08. The van der Waals surface area contributed by atoms with Crippen molar-refractivity contribution in [2.45, 2.75) is 31.8 Å². The molecule has 0 aliphatic carbocycles. The Morgan fingerprint density at radius 2 is 1.84 bits per heavy atom. The first-order valence-corrected chi connectivity index (χ1v) is 9.16. The molecule has 1 aromatic carbocycles. The van der Waals surface area contributed by atoms with E-state index < -0.39 is 0 Å². The van der Waals surface area contributed by atoms with E-state index in [0.29, 0.717) is 18.0 Å². The molecule has 0 spiro atoms. The molecule has 6 nitrogen and oxygen atoms in total. The molecule has 0 atom stereocenters. The average molecular weight is 343 g/mol. The van der Waals surface area contributed by atoms with Crippen LogP contribution in [0.25, 0.3) is 11.1 Å². The van der Waals surface area contributed by atoms with Gasteiger partial charge in [-0.15, -0.1) is 0 Å². The molecule has 2 saturated heterocycles. The molecule has 6 heteroatoms. The lowest BCUT2D eigenvalue weighted by Crippen LogP contribution is -2.46. The number of ether oxygens (including phenoxy) is 1. The highest BCUT2D eigenvalue weighted by molar-refractivity contribution is 5.79. The molecule has 1 amide bonds. The quantitative estimate of drug-likeness (QED) is 0.857. The van der Waals surface area contributed by atoms with Crippen LogP contribution < -0.4 is 4.90 Å². The first-order valence-electron chi connectivity index (χ1n) is 9.16. The molecule has 4 rings (SSSR count). The molecule has 1 aromatic heterocycles. The molecule has 0 unspecified atom stereocenters. The molecule has 2 aliphatic rings. The van der Waals surface area contributed by atoms with Gasteiger partial charge in [-0.2, -0.15) is 4.98 Å². The van der Waals surface area contributed by atoms with Gasteiger partial charge in [0.25, 0.3) is 6.01 Å². The normalized spacial score (nSPS) is 20.4. The molecular weight excluding hydrogens is 318 g/mol. The van der Waals surface area contributed by atoms with E-state index in [1.54, 1.807) is 7.11 Å². The van der Waals surface area contributed by atoms with Gasteiger partial charge in [-0.25, -0.2) is 0 Å². The van der Waals surface area contributed by atoms with E-state index in [2.05, 4.69) is 9.88 Å². The van der Waals surface area contributed by atoms with Crippen LogP contribution in [0.3, 0.4) is 0 Å². The minimum absolute atomic E-state index is 0.125. The van der Waals surface area contributed by atoms with E-state index in [0.717, 1.165) is 63.0 Å². The summed E-state index contributed by atoms with van der Waals surface area (Å²) in [5.74, 6) is 0.437.